The molecule has 1 aromatic heterocycles. The van der Waals surface area contributed by atoms with E-state index in [-0.39, 0.29) is 6.61 Å². The van der Waals surface area contributed by atoms with Crippen LogP contribution in [-0.4, -0.2) is 29.9 Å². The molecule has 0 bridgehead atoms. The van der Waals surface area contributed by atoms with Crippen molar-refractivity contribution in [3.63, 3.8) is 0 Å². The molecule has 0 aliphatic heterocycles. The maximum atomic E-state index is 8.74. The van der Waals surface area contributed by atoms with Crippen molar-refractivity contribution in [1.29, 1.82) is 0 Å². The smallest absolute Gasteiger partial charge is 0.172 e. The number of aromatic hydroxyl groups is 1. The molecule has 0 radical (unpaired) electrons. The van der Waals surface area contributed by atoms with Gasteiger partial charge in [-0.05, 0) is 32.9 Å². The SMILES string of the molecule is CCCNCCC.CCO.C[n+]1ccc(O)cc1. The summed E-state index contributed by atoms with van der Waals surface area (Å²) >= 11 is 0. The van der Waals surface area contributed by atoms with Crippen LogP contribution in [0.4, 0.5) is 0 Å². The number of nitrogens with one attached hydrogen (secondary N) is 1. The topological polar surface area (TPSA) is 56.4 Å². The Bertz CT molecular complexity index is 225. The fourth-order valence-corrected chi connectivity index (χ4v) is 0.972. The minimum atomic E-state index is 0.250. The third-order valence-corrected chi connectivity index (χ3v) is 1.81. The number of hydrogen-bond donors (Lipinski definition) is 3. The van der Waals surface area contributed by atoms with Crippen molar-refractivity contribution in [1.82, 2.24) is 5.32 Å². The van der Waals surface area contributed by atoms with Gasteiger partial charge < -0.3 is 15.5 Å². The van der Waals surface area contributed by atoms with Crippen molar-refractivity contribution in [3.8, 4) is 5.75 Å². The number of aliphatic hydroxyl groups is 1. The molecule has 1 rings (SSSR count). The Morgan fingerprint density at radius 1 is 1.06 bits per heavy atom. The molecule has 0 saturated heterocycles. The van der Waals surface area contributed by atoms with E-state index in [9.17, 15) is 0 Å². The van der Waals surface area contributed by atoms with Crippen LogP contribution < -0.4 is 9.88 Å². The summed E-state index contributed by atoms with van der Waals surface area (Å²) in [6.45, 7) is 8.65. The normalized spacial score (nSPS) is 8.72. The van der Waals surface area contributed by atoms with Gasteiger partial charge in [0.05, 0.1) is 0 Å². The van der Waals surface area contributed by atoms with Crippen LogP contribution in [0.25, 0.3) is 0 Å². The van der Waals surface area contributed by atoms with Gasteiger partial charge in [-0.1, -0.05) is 13.8 Å². The molecule has 0 saturated carbocycles. The molecule has 1 aromatic rings. The standard InChI is InChI=1S/C6H7NO.C6H15N.C2H6O/c1-7-4-2-6(8)3-5-7;1-3-5-7-6-4-2;1-2-3/h2-5H,1H3;7H,3-6H2,1-2H3;3H,2H2,1H3/p+1. The van der Waals surface area contributed by atoms with Crippen molar-refractivity contribution in [3.05, 3.63) is 24.5 Å². The summed E-state index contributed by atoms with van der Waals surface area (Å²) in [7, 11) is 1.90. The lowest BCUT2D eigenvalue weighted by Crippen LogP contribution is -2.25. The highest BCUT2D eigenvalue weighted by molar-refractivity contribution is 5.11. The van der Waals surface area contributed by atoms with Crippen LogP contribution in [0, 0.1) is 0 Å². The van der Waals surface area contributed by atoms with Gasteiger partial charge in [-0.2, -0.15) is 0 Å². The summed E-state index contributed by atoms with van der Waals surface area (Å²) in [5, 5.41) is 19.6. The number of hydrogen-bond acceptors (Lipinski definition) is 3. The van der Waals surface area contributed by atoms with Crippen LogP contribution >= 0.6 is 0 Å². The molecule has 3 N–H and O–H groups in total. The fourth-order valence-electron chi connectivity index (χ4n) is 0.972. The molecule has 0 fully saturated rings. The van der Waals surface area contributed by atoms with Gasteiger partial charge in [0.2, 0.25) is 0 Å². The summed E-state index contributed by atoms with van der Waals surface area (Å²) < 4.78 is 1.86. The monoisotopic (exact) mass is 257 g/mol. The number of rotatable bonds is 4. The predicted octanol–water partition coefficient (Wildman–Crippen LogP) is 1.61. The maximum Gasteiger partial charge on any atom is 0.172 e. The molecule has 1 heterocycles. The molecular formula is C14H29N2O2+. The fraction of sp³-hybridized carbons (Fsp3) is 0.643. The predicted molar refractivity (Wildman–Crippen MR) is 75.5 cm³/mol. The van der Waals surface area contributed by atoms with Crippen LogP contribution in [-0.2, 0) is 7.05 Å². The Hall–Kier alpha value is -1.13. The van der Waals surface area contributed by atoms with Crippen LogP contribution in [0.3, 0.4) is 0 Å². The van der Waals surface area contributed by atoms with Gasteiger partial charge >= 0.3 is 0 Å². The van der Waals surface area contributed by atoms with Gasteiger partial charge in [-0.25, -0.2) is 4.57 Å². The molecule has 0 spiro atoms. The van der Waals surface area contributed by atoms with Gasteiger partial charge in [0, 0.05) is 18.7 Å². The number of aromatic nitrogens is 1. The van der Waals surface area contributed by atoms with Crippen molar-refractivity contribution in [2.75, 3.05) is 19.7 Å². The van der Waals surface area contributed by atoms with Crippen LogP contribution in [0.2, 0.25) is 0 Å². The summed E-state index contributed by atoms with van der Waals surface area (Å²) in [6, 6.07) is 3.28. The van der Waals surface area contributed by atoms with Gasteiger partial charge in [0.1, 0.15) is 12.8 Å². The number of pyridine rings is 1. The van der Waals surface area contributed by atoms with E-state index in [0.717, 1.165) is 0 Å². The lowest BCUT2D eigenvalue weighted by molar-refractivity contribution is -0.671. The molecular weight excluding hydrogens is 228 g/mol. The van der Waals surface area contributed by atoms with Gasteiger partial charge in [0.25, 0.3) is 0 Å². The largest absolute Gasteiger partial charge is 0.507 e. The third-order valence-electron chi connectivity index (χ3n) is 1.81. The molecule has 106 valence electrons. The zero-order valence-electron chi connectivity index (χ0n) is 12.2. The molecule has 4 heteroatoms. The quantitative estimate of drug-likeness (QED) is 0.567. The van der Waals surface area contributed by atoms with Gasteiger partial charge in [-0.15, -0.1) is 0 Å². The van der Waals surface area contributed by atoms with Crippen LogP contribution in [0.5, 0.6) is 5.75 Å². The van der Waals surface area contributed by atoms with E-state index >= 15 is 0 Å². The van der Waals surface area contributed by atoms with Crippen molar-refractivity contribution >= 4 is 0 Å². The molecule has 0 amide bonds. The average molecular weight is 257 g/mol. The molecule has 0 aliphatic carbocycles. The first-order valence-electron chi connectivity index (χ1n) is 6.58. The maximum absolute atomic E-state index is 8.74. The van der Waals surface area contributed by atoms with Crippen molar-refractivity contribution in [2.45, 2.75) is 33.6 Å². The van der Waals surface area contributed by atoms with Crippen molar-refractivity contribution in [2.24, 2.45) is 7.05 Å². The second-order valence-corrected chi connectivity index (χ2v) is 3.79. The van der Waals surface area contributed by atoms with Crippen LogP contribution in [0.1, 0.15) is 33.6 Å². The van der Waals surface area contributed by atoms with E-state index in [0.29, 0.717) is 5.75 Å². The Balaban J connectivity index is 0. The minimum Gasteiger partial charge on any atom is -0.507 e. The Kier molecular flexibility index (Phi) is 16.9. The van der Waals surface area contributed by atoms with Gasteiger partial charge in [-0.3, -0.25) is 0 Å². The first-order chi connectivity index (χ1) is 8.62. The highest BCUT2D eigenvalue weighted by Crippen LogP contribution is 1.99. The first-order valence-corrected chi connectivity index (χ1v) is 6.58. The minimum absolute atomic E-state index is 0.250. The van der Waals surface area contributed by atoms with Gasteiger partial charge in [0.15, 0.2) is 12.4 Å². The summed E-state index contributed by atoms with van der Waals surface area (Å²) in [4.78, 5) is 0. The summed E-state index contributed by atoms with van der Waals surface area (Å²) in [6.07, 6.45) is 6.07. The number of nitrogens with zero attached hydrogens (tertiary/aromatic N) is 1. The molecule has 0 aromatic carbocycles. The lowest BCUT2D eigenvalue weighted by atomic mass is 10.4. The third kappa shape index (κ3) is 17.3. The molecule has 0 atom stereocenters. The Morgan fingerprint density at radius 2 is 1.44 bits per heavy atom. The Labute approximate surface area is 111 Å². The molecule has 18 heavy (non-hydrogen) atoms. The Morgan fingerprint density at radius 3 is 1.72 bits per heavy atom. The zero-order valence-corrected chi connectivity index (χ0v) is 12.2. The number of aryl methyl sites for hydroxylation is 1. The highest BCUT2D eigenvalue weighted by Gasteiger charge is 1.88. The van der Waals surface area contributed by atoms with E-state index in [4.69, 9.17) is 10.2 Å². The second-order valence-electron chi connectivity index (χ2n) is 3.79. The highest BCUT2D eigenvalue weighted by atomic mass is 16.3. The van der Waals surface area contributed by atoms with Crippen molar-refractivity contribution < 1.29 is 14.8 Å². The molecule has 4 nitrogen and oxygen atoms in total. The summed E-state index contributed by atoms with van der Waals surface area (Å²) in [5.74, 6) is 0.308. The summed E-state index contributed by atoms with van der Waals surface area (Å²) in [5.41, 5.74) is 0. The first kappa shape index (κ1) is 19.2. The zero-order chi connectivity index (χ0) is 14.2. The van der Waals surface area contributed by atoms with Crippen LogP contribution in [0.15, 0.2) is 24.5 Å². The average Bonchev–Trinajstić information content (AvgIpc) is 2.36. The molecule has 0 aliphatic rings. The number of aliphatic hydroxyl groups excluding tert-OH is 1. The van der Waals surface area contributed by atoms with E-state index in [1.165, 1.54) is 25.9 Å². The second kappa shape index (κ2) is 15.9. The van der Waals surface area contributed by atoms with E-state index in [2.05, 4.69) is 19.2 Å². The van der Waals surface area contributed by atoms with E-state index < -0.39 is 0 Å². The lowest BCUT2D eigenvalue weighted by Gasteiger charge is -1.95. The molecule has 0 unspecified atom stereocenters. The van der Waals surface area contributed by atoms with E-state index in [1.54, 1.807) is 31.5 Å². The van der Waals surface area contributed by atoms with E-state index in [1.807, 2.05) is 11.6 Å².